The summed E-state index contributed by atoms with van der Waals surface area (Å²) in [5.41, 5.74) is 24.1. The Balaban J connectivity index is 0.975. The lowest BCUT2D eigenvalue weighted by Crippen LogP contribution is -2.32. The van der Waals surface area contributed by atoms with Crippen LogP contribution in [0.1, 0.15) is 66.6 Å². The van der Waals surface area contributed by atoms with Gasteiger partial charge in [0.1, 0.15) is 0 Å². The molecule has 1 N–H and O–H groups in total. The number of nitrogens with zero attached hydrogens (tertiary/aromatic N) is 3. The molecule has 0 spiro atoms. The van der Waals surface area contributed by atoms with Crippen LogP contribution in [0.5, 0.6) is 0 Å². The second-order valence-corrected chi connectivity index (χ2v) is 21.0. The Kier molecular flexibility index (Phi) is 8.95. The SMILES string of the molecule is CC1(C)c2ccccc2C=C(c2ccccc2)c2cc3c(cc21)N(c1ccc2c4ccc(-n5c6ccccc6oc6cc7[nH]c8ccccc8oc7cc65)cc4n(-c4ccccc4)c2c1)c1ccccc1C3(C)C. The minimum absolute atomic E-state index is 0.300. The fraction of sp³-hybridized carbons (Fsp3) is 0.0882. The molecule has 6 nitrogen and oxygen atoms in total. The summed E-state index contributed by atoms with van der Waals surface area (Å²) in [4.78, 5) is 6.11. The van der Waals surface area contributed by atoms with Gasteiger partial charge in [-0.15, -0.1) is 0 Å². The van der Waals surface area contributed by atoms with Gasteiger partial charge in [-0.05, 0) is 129 Å². The Morgan fingerprint density at radius 1 is 0.378 bits per heavy atom. The molecular weight excluding hydrogens is 905 g/mol. The topological polar surface area (TPSA) is 55.2 Å². The summed E-state index contributed by atoms with van der Waals surface area (Å²) < 4.78 is 18.0. The molecule has 0 amide bonds. The molecule has 6 heteroatoms. The maximum Gasteiger partial charge on any atom is 0.153 e. The summed E-state index contributed by atoms with van der Waals surface area (Å²) in [5.74, 6) is 0. The van der Waals surface area contributed by atoms with Crippen molar-refractivity contribution in [3.63, 3.8) is 0 Å². The van der Waals surface area contributed by atoms with E-state index in [4.69, 9.17) is 8.83 Å². The highest BCUT2D eigenvalue weighted by Gasteiger charge is 2.41. The molecule has 4 heterocycles. The van der Waals surface area contributed by atoms with Gasteiger partial charge in [-0.1, -0.05) is 155 Å². The van der Waals surface area contributed by atoms with Crippen molar-refractivity contribution in [3.8, 4) is 11.4 Å². The number of aromatic amines is 1. The minimum atomic E-state index is -0.307. The van der Waals surface area contributed by atoms with Crippen LogP contribution >= 0.6 is 0 Å². The number of H-pyrrole nitrogens is 1. The summed E-state index contributed by atoms with van der Waals surface area (Å²) in [6.07, 6.45) is 2.42. The molecule has 354 valence electrons. The van der Waals surface area contributed by atoms with Crippen LogP contribution in [0.15, 0.2) is 227 Å². The maximum absolute atomic E-state index is 6.68. The lowest BCUT2D eigenvalue weighted by Gasteiger charge is -2.43. The number of hydrogen-bond acceptors (Lipinski definition) is 3. The first-order chi connectivity index (χ1) is 36.2. The molecule has 3 aromatic heterocycles. The quantitative estimate of drug-likeness (QED) is 0.179. The Bertz CT molecular complexity index is 4550. The molecule has 1 aliphatic heterocycles. The molecule has 15 rings (SSSR count). The predicted molar refractivity (Wildman–Crippen MR) is 305 cm³/mol. The van der Waals surface area contributed by atoms with Crippen LogP contribution in [0, 0.1) is 0 Å². The zero-order valence-corrected chi connectivity index (χ0v) is 41.5. The van der Waals surface area contributed by atoms with Crippen LogP contribution in [0.4, 0.5) is 17.1 Å². The van der Waals surface area contributed by atoms with Gasteiger partial charge in [0, 0.05) is 50.8 Å². The van der Waals surface area contributed by atoms with E-state index in [1.54, 1.807) is 0 Å². The van der Waals surface area contributed by atoms with Gasteiger partial charge < -0.3 is 27.9 Å². The lowest BCUT2D eigenvalue weighted by molar-refractivity contribution is 0.619. The van der Waals surface area contributed by atoms with Crippen molar-refractivity contribution in [2.75, 3.05) is 4.90 Å². The monoisotopic (exact) mass is 954 g/mol. The summed E-state index contributed by atoms with van der Waals surface area (Å²) >= 11 is 0. The third-order valence-electron chi connectivity index (χ3n) is 16.1. The van der Waals surface area contributed by atoms with Crippen molar-refractivity contribution in [2.24, 2.45) is 0 Å². The zero-order valence-electron chi connectivity index (χ0n) is 41.5. The van der Waals surface area contributed by atoms with E-state index in [1.165, 1.54) is 66.7 Å². The van der Waals surface area contributed by atoms with Crippen LogP contribution in [0.2, 0.25) is 0 Å². The number of aromatic nitrogens is 3. The largest absolute Gasteiger partial charge is 0.453 e. The van der Waals surface area contributed by atoms with E-state index in [0.717, 1.165) is 72.5 Å². The zero-order chi connectivity index (χ0) is 49.5. The summed E-state index contributed by atoms with van der Waals surface area (Å²) in [6, 6.07) is 79.1. The normalized spacial score (nSPS) is 14.5. The number of rotatable bonds is 4. The predicted octanol–water partition coefficient (Wildman–Crippen LogP) is 18.2. The second kappa shape index (κ2) is 15.6. The number of fused-ring (bicyclic) bond motifs is 11. The van der Waals surface area contributed by atoms with Crippen molar-refractivity contribution < 1.29 is 8.83 Å². The molecule has 74 heavy (non-hydrogen) atoms. The van der Waals surface area contributed by atoms with Gasteiger partial charge in [-0.25, -0.2) is 0 Å². The summed E-state index contributed by atoms with van der Waals surface area (Å²) in [6.45, 7) is 9.59. The molecule has 0 bridgehead atoms. The van der Waals surface area contributed by atoms with Gasteiger partial charge in [0.2, 0.25) is 0 Å². The third-order valence-corrected chi connectivity index (χ3v) is 16.1. The Hall–Kier alpha value is -9.26. The van der Waals surface area contributed by atoms with E-state index in [9.17, 15) is 0 Å². The van der Waals surface area contributed by atoms with Crippen molar-refractivity contribution in [1.82, 2.24) is 14.1 Å². The van der Waals surface area contributed by atoms with Crippen LogP contribution in [-0.2, 0) is 10.8 Å². The highest BCUT2D eigenvalue weighted by Crippen LogP contribution is 2.56. The van der Waals surface area contributed by atoms with Gasteiger partial charge in [0.15, 0.2) is 22.3 Å². The van der Waals surface area contributed by atoms with E-state index >= 15 is 0 Å². The standard InChI is InChI=1S/C68H50N4O2/c1-67(2)51-24-12-11-21-43(51)35-49(42-19-7-5-8-20-42)50-38-54-61(39-53(50)67)71(57-27-15-13-25-52(57)68(54,3)4)45-31-33-47-48-34-32-46(37-60(48)70(59(47)36-45)44-22-9-6-10-23-44)72-58-28-16-18-30-64(58)74-66-40-56-65(41-62(66)72)73-63-29-17-14-26-55(63)69-56/h5-41,69H,1-4H3. The second-order valence-electron chi connectivity index (χ2n) is 21.0. The first-order valence-electron chi connectivity index (χ1n) is 25.6. The maximum atomic E-state index is 6.68. The molecule has 10 aromatic carbocycles. The van der Waals surface area contributed by atoms with Gasteiger partial charge in [0.25, 0.3) is 0 Å². The summed E-state index contributed by atoms with van der Waals surface area (Å²) in [7, 11) is 0. The summed E-state index contributed by atoms with van der Waals surface area (Å²) in [5, 5.41) is 2.35. The van der Waals surface area contributed by atoms with Crippen molar-refractivity contribution in [3.05, 3.63) is 257 Å². The molecular formula is C68H50N4O2. The molecule has 0 unspecified atom stereocenters. The van der Waals surface area contributed by atoms with Gasteiger partial charge in [-0.3, -0.25) is 0 Å². The molecule has 0 saturated carbocycles. The highest BCUT2D eigenvalue weighted by molar-refractivity contribution is 6.11. The average molecular weight is 955 g/mol. The lowest BCUT2D eigenvalue weighted by atomic mass is 9.69. The Morgan fingerprint density at radius 2 is 1.00 bits per heavy atom. The van der Waals surface area contributed by atoms with Gasteiger partial charge in [-0.2, -0.15) is 0 Å². The van der Waals surface area contributed by atoms with E-state index < -0.39 is 0 Å². The van der Waals surface area contributed by atoms with Crippen LogP contribution in [0.25, 0.3) is 89.2 Å². The number of hydrogen-bond donors (Lipinski definition) is 1. The van der Waals surface area contributed by atoms with E-state index in [0.29, 0.717) is 0 Å². The third kappa shape index (κ3) is 6.18. The number of nitrogens with one attached hydrogen (secondary N) is 1. The van der Waals surface area contributed by atoms with Crippen molar-refractivity contribution >= 4 is 94.9 Å². The Morgan fingerprint density at radius 3 is 1.81 bits per heavy atom. The Labute approximate surface area is 428 Å². The minimum Gasteiger partial charge on any atom is -0.453 e. The first kappa shape index (κ1) is 42.4. The average Bonchev–Trinajstić information content (AvgIpc) is 3.78. The number of para-hydroxylation sites is 6. The molecule has 0 saturated heterocycles. The number of anilines is 3. The molecule has 0 atom stereocenters. The molecule has 0 radical (unpaired) electrons. The van der Waals surface area contributed by atoms with E-state index in [1.807, 2.05) is 36.4 Å². The number of benzene rings is 10. The molecule has 1 aliphatic carbocycles. The van der Waals surface area contributed by atoms with Crippen LogP contribution in [0.3, 0.4) is 0 Å². The molecule has 0 fully saturated rings. The van der Waals surface area contributed by atoms with Crippen molar-refractivity contribution in [2.45, 2.75) is 38.5 Å². The van der Waals surface area contributed by atoms with Crippen LogP contribution in [-0.4, -0.2) is 14.1 Å². The van der Waals surface area contributed by atoms with Crippen LogP contribution < -0.4 is 4.90 Å². The fourth-order valence-corrected chi connectivity index (χ4v) is 12.5. The molecule has 2 aliphatic rings. The smallest absolute Gasteiger partial charge is 0.153 e. The van der Waals surface area contributed by atoms with E-state index in [2.05, 4.69) is 235 Å². The van der Waals surface area contributed by atoms with Gasteiger partial charge in [0.05, 0.1) is 44.5 Å². The van der Waals surface area contributed by atoms with E-state index in [-0.39, 0.29) is 10.8 Å². The van der Waals surface area contributed by atoms with Crippen molar-refractivity contribution in [1.29, 1.82) is 0 Å². The fourth-order valence-electron chi connectivity index (χ4n) is 12.5. The first-order valence-corrected chi connectivity index (χ1v) is 25.6. The van der Waals surface area contributed by atoms with Gasteiger partial charge >= 0.3 is 0 Å². The highest BCUT2D eigenvalue weighted by atomic mass is 16.3. The molecule has 13 aromatic rings.